The number of hydrogen-bond acceptors (Lipinski definition) is 2. The zero-order valence-corrected chi connectivity index (χ0v) is 12.2. The fourth-order valence-electron chi connectivity index (χ4n) is 3.53. The quantitative estimate of drug-likeness (QED) is 0.891. The molecule has 0 aromatic heterocycles. The summed E-state index contributed by atoms with van der Waals surface area (Å²) in [4.78, 5) is 2.69. The normalized spacial score (nSPS) is 28.7. The summed E-state index contributed by atoms with van der Waals surface area (Å²) in [5, 5.41) is 4.55. The van der Waals surface area contributed by atoms with Gasteiger partial charge in [0, 0.05) is 23.7 Å². The lowest BCUT2D eigenvalue weighted by atomic mass is 9.94. The van der Waals surface area contributed by atoms with Crippen LogP contribution in [0.5, 0.6) is 0 Å². The van der Waals surface area contributed by atoms with Crippen LogP contribution >= 0.6 is 11.6 Å². The van der Waals surface area contributed by atoms with Gasteiger partial charge in [-0.2, -0.15) is 0 Å². The fraction of sp³-hybridized carbons (Fsp3) is 0.625. The van der Waals surface area contributed by atoms with Crippen LogP contribution in [-0.2, 0) is 6.54 Å². The topological polar surface area (TPSA) is 15.3 Å². The molecule has 0 saturated carbocycles. The molecule has 0 bridgehead atoms. The van der Waals surface area contributed by atoms with Crippen molar-refractivity contribution in [3.05, 3.63) is 34.9 Å². The summed E-state index contributed by atoms with van der Waals surface area (Å²) in [7, 11) is 0. The molecule has 1 aromatic carbocycles. The highest BCUT2D eigenvalue weighted by Crippen LogP contribution is 2.25. The van der Waals surface area contributed by atoms with E-state index in [0.717, 1.165) is 17.6 Å². The number of benzene rings is 1. The molecule has 2 aliphatic rings. The van der Waals surface area contributed by atoms with Gasteiger partial charge < -0.3 is 5.32 Å². The number of hydrogen-bond donors (Lipinski definition) is 1. The van der Waals surface area contributed by atoms with Gasteiger partial charge in [0.15, 0.2) is 0 Å². The van der Waals surface area contributed by atoms with Crippen LogP contribution in [0.3, 0.4) is 0 Å². The molecule has 1 aromatic rings. The molecule has 3 heteroatoms. The van der Waals surface area contributed by atoms with Gasteiger partial charge in [-0.3, -0.25) is 4.90 Å². The maximum absolute atomic E-state index is 5.97. The third kappa shape index (κ3) is 3.31. The highest BCUT2D eigenvalue weighted by Gasteiger charge is 2.31. The number of halogens is 1. The molecule has 0 aliphatic carbocycles. The van der Waals surface area contributed by atoms with E-state index in [0.29, 0.717) is 6.04 Å². The van der Waals surface area contributed by atoms with Gasteiger partial charge in [0.1, 0.15) is 0 Å². The average molecular weight is 279 g/mol. The van der Waals surface area contributed by atoms with Crippen molar-refractivity contribution in [1.29, 1.82) is 0 Å². The monoisotopic (exact) mass is 278 g/mol. The van der Waals surface area contributed by atoms with Crippen molar-refractivity contribution >= 4 is 11.6 Å². The predicted molar refractivity (Wildman–Crippen MR) is 80.5 cm³/mol. The van der Waals surface area contributed by atoms with Gasteiger partial charge in [0.2, 0.25) is 0 Å². The van der Waals surface area contributed by atoms with E-state index in [2.05, 4.69) is 22.3 Å². The second kappa shape index (κ2) is 6.25. The molecule has 0 amide bonds. The molecule has 19 heavy (non-hydrogen) atoms. The molecule has 0 radical (unpaired) electrons. The van der Waals surface area contributed by atoms with Crippen LogP contribution in [0.1, 0.15) is 37.7 Å². The van der Waals surface area contributed by atoms with Crippen LogP contribution in [0.15, 0.2) is 24.3 Å². The van der Waals surface area contributed by atoms with Gasteiger partial charge in [-0.25, -0.2) is 0 Å². The number of nitrogens with zero attached hydrogens (tertiary/aromatic N) is 1. The third-order valence-electron chi connectivity index (χ3n) is 4.53. The lowest BCUT2D eigenvalue weighted by molar-refractivity contribution is 0.132. The van der Waals surface area contributed by atoms with Crippen LogP contribution in [0.2, 0.25) is 5.02 Å². The molecule has 2 saturated heterocycles. The highest BCUT2D eigenvalue weighted by atomic mass is 35.5. The van der Waals surface area contributed by atoms with E-state index in [-0.39, 0.29) is 0 Å². The average Bonchev–Trinajstić information content (AvgIpc) is 2.64. The van der Waals surface area contributed by atoms with Crippen LogP contribution in [0.25, 0.3) is 0 Å². The first-order valence-corrected chi connectivity index (χ1v) is 7.92. The zero-order valence-electron chi connectivity index (χ0n) is 11.4. The largest absolute Gasteiger partial charge is 0.312 e. The Balaban J connectivity index is 1.71. The van der Waals surface area contributed by atoms with Gasteiger partial charge in [-0.05, 0) is 56.5 Å². The molecule has 1 N–H and O–H groups in total. The Hall–Kier alpha value is -0.570. The van der Waals surface area contributed by atoms with Crippen molar-refractivity contribution in [2.75, 3.05) is 13.1 Å². The Morgan fingerprint density at radius 2 is 1.95 bits per heavy atom. The van der Waals surface area contributed by atoms with E-state index in [1.807, 2.05) is 12.1 Å². The Morgan fingerprint density at radius 3 is 2.79 bits per heavy atom. The van der Waals surface area contributed by atoms with Crippen molar-refractivity contribution < 1.29 is 0 Å². The maximum Gasteiger partial charge on any atom is 0.0406 e. The summed E-state index contributed by atoms with van der Waals surface area (Å²) in [6.07, 6.45) is 6.72. The standard InChI is InChI=1S/C16H23ClN2/c17-14-8-6-13(7-9-14)12-19-11-2-1-4-15-16(19)5-3-10-18-15/h6-9,15-16,18H,1-5,10-12H2/t15-,16-/m1/s1. The van der Waals surface area contributed by atoms with Crippen LogP contribution in [0.4, 0.5) is 0 Å². The first kappa shape index (κ1) is 13.4. The predicted octanol–water partition coefficient (Wildman–Crippen LogP) is 3.45. The van der Waals surface area contributed by atoms with Crippen molar-refractivity contribution in [3.8, 4) is 0 Å². The number of fused-ring (bicyclic) bond motifs is 1. The highest BCUT2D eigenvalue weighted by molar-refractivity contribution is 6.30. The summed E-state index contributed by atoms with van der Waals surface area (Å²) in [6.45, 7) is 3.52. The van der Waals surface area contributed by atoms with Gasteiger partial charge in [-0.1, -0.05) is 30.2 Å². The second-order valence-electron chi connectivity index (χ2n) is 5.86. The molecule has 104 valence electrons. The molecular weight excluding hydrogens is 256 g/mol. The molecule has 2 heterocycles. The molecule has 2 nitrogen and oxygen atoms in total. The summed E-state index contributed by atoms with van der Waals surface area (Å²) in [5.41, 5.74) is 1.38. The van der Waals surface area contributed by atoms with Gasteiger partial charge in [0.05, 0.1) is 0 Å². The summed E-state index contributed by atoms with van der Waals surface area (Å²) < 4.78 is 0. The first-order valence-electron chi connectivity index (χ1n) is 7.55. The Bertz CT molecular complexity index is 404. The Labute approximate surface area is 121 Å². The summed E-state index contributed by atoms with van der Waals surface area (Å²) >= 11 is 5.97. The van der Waals surface area contributed by atoms with E-state index in [4.69, 9.17) is 11.6 Å². The minimum absolute atomic E-state index is 0.712. The molecule has 2 atom stereocenters. The van der Waals surface area contributed by atoms with E-state index < -0.39 is 0 Å². The maximum atomic E-state index is 5.97. The first-order chi connectivity index (χ1) is 9.33. The smallest absolute Gasteiger partial charge is 0.0406 e. The lowest BCUT2D eigenvalue weighted by Gasteiger charge is -2.39. The number of rotatable bonds is 2. The van der Waals surface area contributed by atoms with Crippen molar-refractivity contribution in [2.45, 2.75) is 50.7 Å². The zero-order chi connectivity index (χ0) is 13.1. The molecule has 3 rings (SSSR count). The van der Waals surface area contributed by atoms with Crippen molar-refractivity contribution in [1.82, 2.24) is 10.2 Å². The molecule has 0 spiro atoms. The number of piperidine rings is 1. The van der Waals surface area contributed by atoms with E-state index >= 15 is 0 Å². The third-order valence-corrected chi connectivity index (χ3v) is 4.78. The Kier molecular flexibility index (Phi) is 4.42. The number of nitrogens with one attached hydrogen (secondary N) is 1. The SMILES string of the molecule is Clc1ccc(CN2CCCC[C@H]3NCCC[C@H]32)cc1. The Morgan fingerprint density at radius 1 is 1.11 bits per heavy atom. The van der Waals surface area contributed by atoms with Gasteiger partial charge >= 0.3 is 0 Å². The van der Waals surface area contributed by atoms with Crippen LogP contribution in [-0.4, -0.2) is 30.1 Å². The lowest BCUT2D eigenvalue weighted by Crippen LogP contribution is -2.52. The molecular formula is C16H23ClN2. The second-order valence-corrected chi connectivity index (χ2v) is 6.30. The fourth-order valence-corrected chi connectivity index (χ4v) is 3.66. The van der Waals surface area contributed by atoms with Crippen LogP contribution < -0.4 is 5.32 Å². The van der Waals surface area contributed by atoms with E-state index in [1.54, 1.807) is 0 Å². The molecule has 0 unspecified atom stereocenters. The summed E-state index contributed by atoms with van der Waals surface area (Å²) in [6, 6.07) is 9.78. The minimum atomic E-state index is 0.712. The summed E-state index contributed by atoms with van der Waals surface area (Å²) in [5.74, 6) is 0. The molecule has 2 aliphatic heterocycles. The van der Waals surface area contributed by atoms with Gasteiger partial charge in [0.25, 0.3) is 0 Å². The van der Waals surface area contributed by atoms with Crippen molar-refractivity contribution in [2.24, 2.45) is 0 Å². The van der Waals surface area contributed by atoms with Gasteiger partial charge in [-0.15, -0.1) is 0 Å². The minimum Gasteiger partial charge on any atom is -0.312 e. The van der Waals surface area contributed by atoms with E-state index in [1.165, 1.54) is 50.8 Å². The van der Waals surface area contributed by atoms with Crippen LogP contribution in [0, 0.1) is 0 Å². The van der Waals surface area contributed by atoms with E-state index in [9.17, 15) is 0 Å². The van der Waals surface area contributed by atoms with Crippen molar-refractivity contribution in [3.63, 3.8) is 0 Å². The number of likely N-dealkylation sites (tertiary alicyclic amines) is 1. The molecule has 2 fully saturated rings.